The summed E-state index contributed by atoms with van der Waals surface area (Å²) >= 11 is 0. The van der Waals surface area contributed by atoms with Gasteiger partial charge in [-0.25, -0.2) is 0 Å². The first-order valence-electron chi connectivity index (χ1n) is 2.05. The summed E-state index contributed by atoms with van der Waals surface area (Å²) in [6, 6.07) is 0. The second-order valence-electron chi connectivity index (χ2n) is 1.05. The van der Waals surface area contributed by atoms with E-state index in [4.69, 9.17) is 7.85 Å². The van der Waals surface area contributed by atoms with Crippen LogP contribution in [0, 0.1) is 11.7 Å². The molecule has 34 valence electrons. The van der Waals surface area contributed by atoms with E-state index in [-0.39, 0.29) is 5.78 Å². The van der Waals surface area contributed by atoms with E-state index in [9.17, 15) is 4.79 Å². The van der Waals surface area contributed by atoms with E-state index in [0.29, 0.717) is 6.42 Å². The van der Waals surface area contributed by atoms with E-state index < -0.39 is 0 Å². The maximum Gasteiger partial charge on any atom is 0.204 e. The van der Waals surface area contributed by atoms with Crippen molar-refractivity contribution in [1.29, 1.82) is 0 Å². The second kappa shape index (κ2) is 3.48. The van der Waals surface area contributed by atoms with Crippen LogP contribution in [-0.2, 0) is 4.79 Å². The number of Topliss-reactive ketones (excluding diaryl/α,β-unsaturated/α-hetero) is 1. The Morgan fingerprint density at radius 2 is 2.43 bits per heavy atom. The van der Waals surface area contributed by atoms with Crippen LogP contribution in [-0.4, -0.2) is 13.6 Å². The highest BCUT2D eigenvalue weighted by Gasteiger charge is 1.83. The Balaban J connectivity index is 3.52. The van der Waals surface area contributed by atoms with Crippen LogP contribution in [0.4, 0.5) is 0 Å². The third kappa shape index (κ3) is 3.12. The fourth-order valence-corrected chi connectivity index (χ4v) is 0.169. The molecule has 0 aromatic heterocycles. The van der Waals surface area contributed by atoms with Crippen molar-refractivity contribution in [2.45, 2.75) is 13.3 Å². The number of carbonyl (C=O) groups is 1. The molecule has 0 fully saturated rings. The smallest absolute Gasteiger partial charge is 0.204 e. The van der Waals surface area contributed by atoms with Crippen molar-refractivity contribution in [3.8, 4) is 11.7 Å². The van der Waals surface area contributed by atoms with Gasteiger partial charge in [0, 0.05) is 6.42 Å². The van der Waals surface area contributed by atoms with Gasteiger partial charge in [-0.3, -0.25) is 4.79 Å². The molecule has 0 aliphatic carbocycles. The number of hydrogen-bond donors (Lipinski definition) is 0. The molecule has 2 heteroatoms. The number of carbonyl (C=O) groups excluding carboxylic acids is 1. The van der Waals surface area contributed by atoms with Crippen LogP contribution in [0.25, 0.3) is 0 Å². The lowest BCUT2D eigenvalue weighted by molar-refractivity contribution is -0.113. The summed E-state index contributed by atoms with van der Waals surface area (Å²) in [6.07, 6.45) is 0.449. The summed E-state index contributed by atoms with van der Waals surface area (Å²) in [7, 11) is 4.72. The van der Waals surface area contributed by atoms with Crippen LogP contribution in [0.3, 0.4) is 0 Å². The van der Waals surface area contributed by atoms with Crippen LogP contribution < -0.4 is 0 Å². The van der Waals surface area contributed by atoms with Gasteiger partial charge in [-0.2, -0.15) is 5.82 Å². The van der Waals surface area contributed by atoms with Crippen LogP contribution in [0.1, 0.15) is 13.3 Å². The molecule has 0 amide bonds. The molecule has 0 N–H and O–H groups in total. The van der Waals surface area contributed by atoms with Crippen LogP contribution in [0.5, 0.6) is 0 Å². The van der Waals surface area contributed by atoms with Gasteiger partial charge in [-0.1, -0.05) is 6.92 Å². The summed E-state index contributed by atoms with van der Waals surface area (Å²) < 4.78 is 0. The fourth-order valence-electron chi connectivity index (χ4n) is 0.169. The molecule has 2 radical (unpaired) electrons. The van der Waals surface area contributed by atoms with Crippen molar-refractivity contribution >= 4 is 13.6 Å². The number of hydrogen-bond acceptors (Lipinski definition) is 1. The molecule has 0 aliphatic heterocycles. The molecule has 0 bridgehead atoms. The monoisotopic (exact) mass is 92.0 g/mol. The van der Waals surface area contributed by atoms with Crippen molar-refractivity contribution in [1.82, 2.24) is 0 Å². The van der Waals surface area contributed by atoms with Crippen molar-refractivity contribution in [2.75, 3.05) is 0 Å². The van der Waals surface area contributed by atoms with Gasteiger partial charge in [-0.05, 0) is 5.92 Å². The summed E-state index contributed by atoms with van der Waals surface area (Å²) in [6.45, 7) is 1.74. The summed E-state index contributed by atoms with van der Waals surface area (Å²) in [5.41, 5.74) is 0. The minimum atomic E-state index is -0.109. The van der Waals surface area contributed by atoms with Crippen molar-refractivity contribution in [2.24, 2.45) is 0 Å². The van der Waals surface area contributed by atoms with Gasteiger partial charge in [0.25, 0.3) is 0 Å². The highest BCUT2D eigenvalue weighted by Crippen LogP contribution is 1.73. The third-order valence-corrected chi connectivity index (χ3v) is 0.533. The average molecular weight is 91.9 g/mol. The first-order valence-corrected chi connectivity index (χ1v) is 2.05. The molecule has 0 aromatic carbocycles. The van der Waals surface area contributed by atoms with Gasteiger partial charge < -0.3 is 0 Å². The summed E-state index contributed by atoms with van der Waals surface area (Å²) in [4.78, 5) is 10.2. The molecule has 0 saturated carbocycles. The lowest BCUT2D eigenvalue weighted by atomic mass is 10.1. The van der Waals surface area contributed by atoms with Crippen molar-refractivity contribution in [3.05, 3.63) is 0 Å². The van der Waals surface area contributed by atoms with Crippen LogP contribution in [0.15, 0.2) is 0 Å². The van der Waals surface area contributed by atoms with Gasteiger partial charge in [-0.15, -0.1) is 0 Å². The number of ketones is 1. The van der Waals surface area contributed by atoms with E-state index in [2.05, 4.69) is 5.92 Å². The molecule has 0 unspecified atom stereocenters. The molecular formula is C5H5BO. The van der Waals surface area contributed by atoms with E-state index >= 15 is 0 Å². The fraction of sp³-hybridized carbons (Fsp3) is 0.400. The third-order valence-electron chi connectivity index (χ3n) is 0.533. The van der Waals surface area contributed by atoms with E-state index in [0.717, 1.165) is 0 Å². The Hall–Kier alpha value is -0.705. The quantitative estimate of drug-likeness (QED) is 0.331. The van der Waals surface area contributed by atoms with Crippen LogP contribution >= 0.6 is 0 Å². The molecule has 1 nitrogen and oxygen atoms in total. The van der Waals surface area contributed by atoms with E-state index in [1.165, 1.54) is 0 Å². The first kappa shape index (κ1) is 6.29. The van der Waals surface area contributed by atoms with Gasteiger partial charge >= 0.3 is 0 Å². The highest BCUT2D eigenvalue weighted by atomic mass is 16.1. The number of rotatable bonds is 1. The Bertz CT molecular complexity index is 118. The Labute approximate surface area is 44.5 Å². The van der Waals surface area contributed by atoms with Gasteiger partial charge in [0.2, 0.25) is 5.78 Å². The minimum Gasteiger partial charge on any atom is -0.285 e. The van der Waals surface area contributed by atoms with Crippen LogP contribution in [0.2, 0.25) is 0 Å². The lowest BCUT2D eigenvalue weighted by Crippen LogP contribution is -1.86. The molecule has 0 rings (SSSR count). The largest absolute Gasteiger partial charge is 0.285 e. The van der Waals surface area contributed by atoms with E-state index in [1.807, 2.05) is 5.82 Å². The average Bonchev–Trinajstić information content (AvgIpc) is 1.68. The molecule has 0 aliphatic rings. The topological polar surface area (TPSA) is 17.1 Å². The predicted octanol–water partition coefficient (Wildman–Crippen LogP) is 0.0949. The Morgan fingerprint density at radius 1 is 1.86 bits per heavy atom. The predicted molar refractivity (Wildman–Crippen MR) is 28.8 cm³/mol. The van der Waals surface area contributed by atoms with Gasteiger partial charge in [0.15, 0.2) is 7.85 Å². The zero-order valence-corrected chi connectivity index (χ0v) is 4.19. The Morgan fingerprint density at radius 3 is 2.57 bits per heavy atom. The van der Waals surface area contributed by atoms with Crippen molar-refractivity contribution < 1.29 is 4.79 Å². The molecule has 0 spiro atoms. The molecular weight excluding hydrogens is 86.9 g/mol. The molecule has 0 aromatic rings. The van der Waals surface area contributed by atoms with Crippen molar-refractivity contribution in [3.63, 3.8) is 0 Å². The highest BCUT2D eigenvalue weighted by molar-refractivity contribution is 6.24. The summed E-state index contributed by atoms with van der Waals surface area (Å²) in [5.74, 6) is 4.09. The zero-order chi connectivity index (χ0) is 5.70. The first-order chi connectivity index (χ1) is 3.31. The second-order valence-corrected chi connectivity index (χ2v) is 1.05. The summed E-state index contributed by atoms with van der Waals surface area (Å²) in [5, 5.41) is 0. The van der Waals surface area contributed by atoms with Gasteiger partial charge in [0.05, 0.1) is 0 Å². The minimum absolute atomic E-state index is 0.109. The normalized spacial score (nSPS) is 6.43. The van der Waals surface area contributed by atoms with E-state index in [1.54, 1.807) is 6.92 Å². The maximum absolute atomic E-state index is 10.2. The standard InChI is InChI=1S/C5H5BO/c1-2-5(7)3-4-6/h2H2,1H3. The maximum atomic E-state index is 10.2. The zero-order valence-electron chi connectivity index (χ0n) is 4.19. The Kier molecular flexibility index (Phi) is 3.13. The molecule has 0 heterocycles. The lowest BCUT2D eigenvalue weighted by Gasteiger charge is -1.73. The van der Waals surface area contributed by atoms with Gasteiger partial charge in [0.1, 0.15) is 0 Å². The molecule has 0 atom stereocenters. The molecule has 0 saturated heterocycles. The molecule has 7 heavy (non-hydrogen) atoms. The SMILES string of the molecule is [B]C#CC(=O)CC.